The summed E-state index contributed by atoms with van der Waals surface area (Å²) in [7, 11) is 0. The van der Waals surface area contributed by atoms with Gasteiger partial charge < -0.3 is 14.6 Å². The van der Waals surface area contributed by atoms with E-state index < -0.39 is 6.10 Å². The van der Waals surface area contributed by atoms with Gasteiger partial charge in [-0.3, -0.25) is 0 Å². The van der Waals surface area contributed by atoms with E-state index >= 15 is 0 Å². The molecule has 0 aromatic heterocycles. The summed E-state index contributed by atoms with van der Waals surface area (Å²) in [6, 6.07) is 18.6. The van der Waals surface area contributed by atoms with Crippen molar-refractivity contribution in [2.75, 3.05) is 6.79 Å². The monoisotopic (exact) mass is 322 g/mol. The van der Waals surface area contributed by atoms with Crippen molar-refractivity contribution in [1.82, 2.24) is 0 Å². The molecule has 3 heteroatoms. The van der Waals surface area contributed by atoms with Crippen LogP contribution in [0, 0.1) is 11.8 Å². The van der Waals surface area contributed by atoms with Crippen molar-refractivity contribution in [3.63, 3.8) is 0 Å². The van der Waals surface area contributed by atoms with Gasteiger partial charge in [0.1, 0.15) is 12.0 Å². The molecule has 1 heterocycles. The second-order valence-electron chi connectivity index (χ2n) is 6.59. The number of rotatable bonds is 4. The fourth-order valence-electron chi connectivity index (χ4n) is 3.96. The van der Waals surface area contributed by atoms with Crippen LogP contribution in [0.1, 0.15) is 29.2 Å². The first kappa shape index (κ1) is 15.3. The first-order chi connectivity index (χ1) is 11.8. The number of fused-ring (bicyclic) bond motifs is 1. The Morgan fingerprint density at radius 3 is 2.62 bits per heavy atom. The van der Waals surface area contributed by atoms with Crippen LogP contribution in [0.2, 0.25) is 0 Å². The van der Waals surface area contributed by atoms with Crippen LogP contribution >= 0.6 is 0 Å². The van der Waals surface area contributed by atoms with Gasteiger partial charge in [0.15, 0.2) is 0 Å². The summed E-state index contributed by atoms with van der Waals surface area (Å²) in [4.78, 5) is 0. The first-order valence-corrected chi connectivity index (χ1v) is 8.57. The zero-order valence-electron chi connectivity index (χ0n) is 13.6. The van der Waals surface area contributed by atoms with Crippen LogP contribution in [0.15, 0.2) is 66.6 Å². The van der Waals surface area contributed by atoms with Crippen molar-refractivity contribution in [1.29, 1.82) is 0 Å². The van der Waals surface area contributed by atoms with Gasteiger partial charge in [-0.2, -0.15) is 0 Å². The third-order valence-corrected chi connectivity index (χ3v) is 5.20. The topological polar surface area (TPSA) is 38.7 Å². The molecule has 0 amide bonds. The van der Waals surface area contributed by atoms with Gasteiger partial charge >= 0.3 is 0 Å². The van der Waals surface area contributed by atoms with Gasteiger partial charge in [0.25, 0.3) is 0 Å². The minimum atomic E-state index is -0.464. The molecule has 0 saturated carbocycles. The Morgan fingerprint density at radius 2 is 1.83 bits per heavy atom. The number of benzene rings is 2. The van der Waals surface area contributed by atoms with Crippen LogP contribution in [-0.2, 0) is 22.3 Å². The van der Waals surface area contributed by atoms with Gasteiger partial charge in [0, 0.05) is 5.92 Å². The lowest BCUT2D eigenvalue weighted by Gasteiger charge is -2.35. The zero-order valence-corrected chi connectivity index (χ0v) is 13.6. The summed E-state index contributed by atoms with van der Waals surface area (Å²) < 4.78 is 11.0. The average molecular weight is 322 g/mol. The van der Waals surface area contributed by atoms with E-state index in [1.807, 2.05) is 24.3 Å². The smallest absolute Gasteiger partial charge is 0.229 e. The lowest BCUT2D eigenvalue weighted by atomic mass is 9.72. The molecule has 3 atom stereocenters. The third kappa shape index (κ3) is 2.92. The van der Waals surface area contributed by atoms with E-state index in [4.69, 9.17) is 9.47 Å². The Bertz CT molecular complexity index is 723. The van der Waals surface area contributed by atoms with E-state index in [1.54, 1.807) is 6.26 Å². The Morgan fingerprint density at radius 1 is 1.04 bits per heavy atom. The van der Waals surface area contributed by atoms with Crippen LogP contribution in [0.3, 0.4) is 0 Å². The van der Waals surface area contributed by atoms with Crippen molar-refractivity contribution in [2.24, 2.45) is 11.8 Å². The van der Waals surface area contributed by atoms with Crippen LogP contribution < -0.4 is 0 Å². The normalized spacial score (nSPS) is 23.6. The van der Waals surface area contributed by atoms with Crippen molar-refractivity contribution >= 4 is 0 Å². The standard InChI is InChI=1S/C21H22O3/c22-21-17-9-5-4-8-16(17)10-11-18(21)19(20-13-23-14-24-20)12-15-6-2-1-3-7-15/h1-9,13,18-19,21-22H,10-12,14H2. The Balaban J connectivity index is 1.64. The number of aliphatic hydroxyl groups is 1. The number of ether oxygens (including phenoxy) is 2. The van der Waals surface area contributed by atoms with E-state index in [0.29, 0.717) is 0 Å². The second-order valence-corrected chi connectivity index (χ2v) is 6.59. The number of hydrogen-bond acceptors (Lipinski definition) is 3. The van der Waals surface area contributed by atoms with Gasteiger partial charge in [-0.1, -0.05) is 54.6 Å². The predicted molar refractivity (Wildman–Crippen MR) is 92.0 cm³/mol. The molecule has 3 unspecified atom stereocenters. The summed E-state index contributed by atoms with van der Waals surface area (Å²) in [6.07, 6.45) is 4.06. The van der Waals surface area contributed by atoms with E-state index in [1.165, 1.54) is 11.1 Å². The molecule has 2 aliphatic rings. The molecule has 2 aromatic carbocycles. The van der Waals surface area contributed by atoms with Gasteiger partial charge in [0.2, 0.25) is 6.79 Å². The van der Waals surface area contributed by atoms with Crippen LogP contribution in [0.5, 0.6) is 0 Å². The first-order valence-electron chi connectivity index (χ1n) is 8.57. The third-order valence-electron chi connectivity index (χ3n) is 5.20. The highest BCUT2D eigenvalue weighted by atomic mass is 16.7. The Labute approximate surface area is 142 Å². The molecule has 0 saturated heterocycles. The summed E-state index contributed by atoms with van der Waals surface area (Å²) in [5, 5.41) is 11.0. The highest BCUT2D eigenvalue weighted by Gasteiger charge is 2.37. The number of hydrogen-bond donors (Lipinski definition) is 1. The van der Waals surface area contributed by atoms with E-state index in [2.05, 4.69) is 30.3 Å². The van der Waals surface area contributed by atoms with Crippen LogP contribution in [0.25, 0.3) is 0 Å². The molecule has 4 rings (SSSR count). The largest absolute Gasteiger partial charge is 0.462 e. The molecule has 0 bridgehead atoms. The molecular formula is C21H22O3. The Kier molecular flexibility index (Phi) is 4.26. The van der Waals surface area contributed by atoms with Gasteiger partial charge in [0.05, 0.1) is 6.10 Å². The molecule has 3 nitrogen and oxygen atoms in total. The molecule has 1 aliphatic carbocycles. The maximum Gasteiger partial charge on any atom is 0.229 e. The SMILES string of the molecule is OC1c2ccccc2CCC1C(Cc1ccccc1)C1=COCO1. The number of aryl methyl sites for hydroxylation is 1. The molecule has 0 spiro atoms. The molecule has 2 aromatic rings. The van der Waals surface area contributed by atoms with Crippen molar-refractivity contribution < 1.29 is 14.6 Å². The fraction of sp³-hybridized carbons (Fsp3) is 0.333. The second kappa shape index (κ2) is 6.70. The number of aliphatic hydroxyl groups excluding tert-OH is 1. The molecule has 1 N–H and O–H groups in total. The fourth-order valence-corrected chi connectivity index (χ4v) is 3.96. The lowest BCUT2D eigenvalue weighted by Crippen LogP contribution is -2.30. The molecule has 124 valence electrons. The van der Waals surface area contributed by atoms with E-state index in [-0.39, 0.29) is 18.6 Å². The minimum Gasteiger partial charge on any atom is -0.462 e. The lowest BCUT2D eigenvalue weighted by molar-refractivity contribution is 0.0292. The molecule has 0 radical (unpaired) electrons. The van der Waals surface area contributed by atoms with Gasteiger partial charge in [-0.15, -0.1) is 0 Å². The van der Waals surface area contributed by atoms with Crippen LogP contribution in [-0.4, -0.2) is 11.9 Å². The highest BCUT2D eigenvalue weighted by Crippen LogP contribution is 2.43. The molecule has 0 fully saturated rings. The number of allylic oxidation sites excluding steroid dienone is 1. The van der Waals surface area contributed by atoms with Crippen LogP contribution in [0.4, 0.5) is 0 Å². The van der Waals surface area contributed by atoms with Gasteiger partial charge in [-0.25, -0.2) is 0 Å². The molecular weight excluding hydrogens is 300 g/mol. The summed E-state index contributed by atoms with van der Waals surface area (Å²) in [5.41, 5.74) is 3.58. The Hall–Kier alpha value is -2.26. The molecule has 24 heavy (non-hydrogen) atoms. The van der Waals surface area contributed by atoms with Crippen molar-refractivity contribution in [3.8, 4) is 0 Å². The van der Waals surface area contributed by atoms with E-state index in [9.17, 15) is 5.11 Å². The summed E-state index contributed by atoms with van der Waals surface area (Å²) in [5.74, 6) is 1.12. The zero-order chi connectivity index (χ0) is 16.4. The highest BCUT2D eigenvalue weighted by molar-refractivity contribution is 5.33. The van der Waals surface area contributed by atoms with Crippen molar-refractivity contribution in [3.05, 3.63) is 83.3 Å². The summed E-state index contributed by atoms with van der Waals surface area (Å²) >= 11 is 0. The average Bonchev–Trinajstić information content (AvgIpc) is 3.16. The predicted octanol–water partition coefficient (Wildman–Crippen LogP) is 3.99. The van der Waals surface area contributed by atoms with Crippen molar-refractivity contribution in [2.45, 2.75) is 25.4 Å². The van der Waals surface area contributed by atoms with E-state index in [0.717, 1.165) is 30.6 Å². The maximum atomic E-state index is 11.0. The quantitative estimate of drug-likeness (QED) is 0.925. The minimum absolute atomic E-state index is 0.123. The molecule has 1 aliphatic heterocycles. The van der Waals surface area contributed by atoms with Gasteiger partial charge in [-0.05, 0) is 41.9 Å². The summed E-state index contributed by atoms with van der Waals surface area (Å²) in [6.45, 7) is 0.278. The maximum absolute atomic E-state index is 11.0.